The molecule has 2 heteroatoms. The Hall–Kier alpha value is -1.02. The van der Waals surface area contributed by atoms with Crippen molar-refractivity contribution >= 4 is 15.9 Å². The average Bonchev–Trinajstić information content (AvgIpc) is 2.58. The van der Waals surface area contributed by atoms with Gasteiger partial charge in [-0.05, 0) is 50.6 Å². The van der Waals surface area contributed by atoms with Crippen molar-refractivity contribution < 1.29 is 0 Å². The van der Waals surface area contributed by atoms with E-state index in [-0.39, 0.29) is 0 Å². The number of benzene rings is 1. The van der Waals surface area contributed by atoms with Gasteiger partial charge in [0.1, 0.15) is 0 Å². The van der Waals surface area contributed by atoms with Crippen LogP contribution in [0, 0.1) is 13.8 Å². The van der Waals surface area contributed by atoms with Crippen LogP contribution in [0.1, 0.15) is 29.9 Å². The number of rotatable bonds is 2. The summed E-state index contributed by atoms with van der Waals surface area (Å²) in [6.45, 7) is 6.55. The first-order valence-electron chi connectivity index (χ1n) is 5.49. The van der Waals surface area contributed by atoms with Gasteiger partial charge in [0, 0.05) is 15.9 Å². The van der Waals surface area contributed by atoms with Gasteiger partial charge < -0.3 is 4.57 Å². The van der Waals surface area contributed by atoms with Crippen LogP contribution in [0.15, 0.2) is 40.9 Å². The summed E-state index contributed by atoms with van der Waals surface area (Å²) in [5, 5.41) is 0. The van der Waals surface area contributed by atoms with Crippen LogP contribution in [0.25, 0.3) is 0 Å². The number of aryl methyl sites for hydroxylation is 2. The van der Waals surface area contributed by atoms with Crippen molar-refractivity contribution in [3.05, 3.63) is 57.8 Å². The van der Waals surface area contributed by atoms with E-state index < -0.39 is 0 Å². The first-order chi connectivity index (χ1) is 7.59. The number of hydrogen-bond acceptors (Lipinski definition) is 0. The molecule has 16 heavy (non-hydrogen) atoms. The largest absolute Gasteiger partial charge is 0.342 e. The molecule has 0 fully saturated rings. The van der Waals surface area contributed by atoms with E-state index in [1.807, 2.05) is 0 Å². The highest BCUT2D eigenvalue weighted by Gasteiger charge is 2.11. The summed E-state index contributed by atoms with van der Waals surface area (Å²) in [7, 11) is 0. The molecule has 0 aliphatic carbocycles. The average molecular weight is 278 g/mol. The molecular weight excluding hydrogens is 262 g/mol. The summed E-state index contributed by atoms with van der Waals surface area (Å²) in [5.74, 6) is 0. The van der Waals surface area contributed by atoms with Crippen molar-refractivity contribution in [3.63, 3.8) is 0 Å². The summed E-state index contributed by atoms with van der Waals surface area (Å²) in [4.78, 5) is 0. The van der Waals surface area contributed by atoms with E-state index in [0.717, 1.165) is 4.47 Å². The molecule has 1 nitrogen and oxygen atoms in total. The monoisotopic (exact) mass is 277 g/mol. The molecule has 0 spiro atoms. The Balaban J connectivity index is 2.43. The first-order valence-corrected chi connectivity index (χ1v) is 6.29. The Morgan fingerprint density at radius 2 is 1.69 bits per heavy atom. The second kappa shape index (κ2) is 4.46. The molecule has 1 unspecified atom stereocenters. The van der Waals surface area contributed by atoms with Crippen molar-refractivity contribution in [1.29, 1.82) is 0 Å². The van der Waals surface area contributed by atoms with Crippen molar-refractivity contribution in [3.8, 4) is 0 Å². The van der Waals surface area contributed by atoms with Gasteiger partial charge in [0.25, 0.3) is 0 Å². The smallest absolute Gasteiger partial charge is 0.0557 e. The van der Waals surface area contributed by atoms with Gasteiger partial charge in [-0.15, -0.1) is 0 Å². The molecule has 0 radical (unpaired) electrons. The first kappa shape index (κ1) is 11.5. The lowest BCUT2D eigenvalue weighted by atomic mass is 10.1. The molecule has 2 rings (SSSR count). The van der Waals surface area contributed by atoms with Crippen LogP contribution in [-0.2, 0) is 0 Å². The Morgan fingerprint density at radius 1 is 1.06 bits per heavy atom. The maximum absolute atomic E-state index is 3.52. The highest BCUT2D eigenvalue weighted by Crippen LogP contribution is 2.24. The minimum absolute atomic E-state index is 0.382. The Labute approximate surface area is 105 Å². The van der Waals surface area contributed by atoms with Crippen LogP contribution in [0.5, 0.6) is 0 Å². The molecule has 0 saturated heterocycles. The van der Waals surface area contributed by atoms with E-state index in [9.17, 15) is 0 Å². The van der Waals surface area contributed by atoms with Gasteiger partial charge in [-0.3, -0.25) is 0 Å². The number of hydrogen-bond donors (Lipinski definition) is 0. The quantitative estimate of drug-likeness (QED) is 0.763. The van der Waals surface area contributed by atoms with Crippen molar-refractivity contribution in [2.24, 2.45) is 0 Å². The Kier molecular flexibility index (Phi) is 3.20. The molecule has 2 aromatic rings. The molecule has 0 aliphatic heterocycles. The van der Waals surface area contributed by atoms with Gasteiger partial charge in [-0.2, -0.15) is 0 Å². The van der Waals surface area contributed by atoms with Gasteiger partial charge in [0.2, 0.25) is 0 Å². The van der Waals surface area contributed by atoms with Crippen molar-refractivity contribution in [2.75, 3.05) is 0 Å². The molecular formula is C14H16BrN. The Bertz CT molecular complexity index is 480. The fourth-order valence-corrected chi connectivity index (χ4v) is 2.62. The van der Waals surface area contributed by atoms with Crippen molar-refractivity contribution in [1.82, 2.24) is 4.57 Å². The standard InChI is InChI=1S/C14H16BrN/c1-10-7-8-11(2)16(10)12(3)13-5-4-6-14(15)9-13/h4-9,12H,1-3H3. The summed E-state index contributed by atoms with van der Waals surface area (Å²) < 4.78 is 3.50. The number of halogens is 1. The topological polar surface area (TPSA) is 4.93 Å². The van der Waals surface area contributed by atoms with E-state index in [1.165, 1.54) is 17.0 Å². The molecule has 1 heterocycles. The predicted molar refractivity (Wildman–Crippen MR) is 71.9 cm³/mol. The predicted octanol–water partition coefficient (Wildman–Crippen LogP) is 4.48. The zero-order valence-electron chi connectivity index (χ0n) is 9.87. The zero-order chi connectivity index (χ0) is 11.7. The SMILES string of the molecule is Cc1ccc(C)n1C(C)c1cccc(Br)c1. The minimum Gasteiger partial charge on any atom is -0.342 e. The lowest BCUT2D eigenvalue weighted by Crippen LogP contribution is -2.09. The molecule has 0 bridgehead atoms. The van der Waals surface area contributed by atoms with E-state index in [2.05, 4.69) is 77.7 Å². The van der Waals surface area contributed by atoms with Crippen LogP contribution >= 0.6 is 15.9 Å². The number of aromatic nitrogens is 1. The van der Waals surface area contributed by atoms with Crippen molar-refractivity contribution in [2.45, 2.75) is 26.8 Å². The second-order valence-corrected chi connectivity index (χ2v) is 5.13. The number of nitrogens with zero attached hydrogens (tertiary/aromatic N) is 1. The maximum Gasteiger partial charge on any atom is 0.0557 e. The van der Waals surface area contributed by atoms with Gasteiger partial charge in [-0.1, -0.05) is 28.1 Å². The fraction of sp³-hybridized carbons (Fsp3) is 0.286. The third kappa shape index (κ3) is 2.07. The molecule has 1 aromatic carbocycles. The van der Waals surface area contributed by atoms with E-state index in [0.29, 0.717) is 6.04 Å². The summed E-state index contributed by atoms with van der Waals surface area (Å²) in [6.07, 6.45) is 0. The molecule has 1 atom stereocenters. The maximum atomic E-state index is 3.52. The van der Waals surface area contributed by atoms with Gasteiger partial charge in [0.05, 0.1) is 6.04 Å². The molecule has 0 saturated carbocycles. The lowest BCUT2D eigenvalue weighted by Gasteiger charge is -2.19. The van der Waals surface area contributed by atoms with Crippen LogP contribution in [0.2, 0.25) is 0 Å². The fourth-order valence-electron chi connectivity index (χ4n) is 2.21. The summed E-state index contributed by atoms with van der Waals surface area (Å²) in [5.41, 5.74) is 3.95. The molecule has 0 amide bonds. The second-order valence-electron chi connectivity index (χ2n) is 4.22. The molecule has 1 aromatic heterocycles. The highest BCUT2D eigenvalue weighted by molar-refractivity contribution is 9.10. The van der Waals surface area contributed by atoms with Crippen LogP contribution in [-0.4, -0.2) is 4.57 Å². The minimum atomic E-state index is 0.382. The van der Waals surface area contributed by atoms with Crippen LogP contribution in [0.4, 0.5) is 0 Å². The molecule has 0 aliphatic rings. The zero-order valence-corrected chi connectivity index (χ0v) is 11.5. The van der Waals surface area contributed by atoms with E-state index in [4.69, 9.17) is 0 Å². The van der Waals surface area contributed by atoms with Gasteiger partial charge in [0.15, 0.2) is 0 Å². The van der Waals surface area contributed by atoms with Gasteiger partial charge in [-0.25, -0.2) is 0 Å². The summed E-state index contributed by atoms with van der Waals surface area (Å²) >= 11 is 3.52. The summed E-state index contributed by atoms with van der Waals surface area (Å²) in [6, 6.07) is 13.2. The highest BCUT2D eigenvalue weighted by atomic mass is 79.9. The van der Waals surface area contributed by atoms with Crippen LogP contribution in [0.3, 0.4) is 0 Å². The van der Waals surface area contributed by atoms with Crippen LogP contribution < -0.4 is 0 Å². The molecule has 0 N–H and O–H groups in total. The molecule has 84 valence electrons. The lowest BCUT2D eigenvalue weighted by molar-refractivity contribution is 0.610. The Morgan fingerprint density at radius 3 is 2.25 bits per heavy atom. The van der Waals surface area contributed by atoms with E-state index >= 15 is 0 Å². The third-order valence-electron chi connectivity index (χ3n) is 3.04. The third-order valence-corrected chi connectivity index (χ3v) is 3.54. The van der Waals surface area contributed by atoms with Gasteiger partial charge >= 0.3 is 0 Å². The normalized spacial score (nSPS) is 12.8. The van der Waals surface area contributed by atoms with E-state index in [1.54, 1.807) is 0 Å².